The monoisotopic (exact) mass is 260 g/mol. The molecule has 17 heavy (non-hydrogen) atoms. The number of alkyl halides is 6. The Kier molecular flexibility index (Phi) is 3.56. The molecule has 2 nitrogen and oxygen atoms in total. The van der Waals surface area contributed by atoms with Crippen LogP contribution in [-0.2, 0) is 0 Å². The quantitative estimate of drug-likeness (QED) is 0.827. The highest BCUT2D eigenvalue weighted by Crippen LogP contribution is 2.34. The Morgan fingerprint density at radius 1 is 1.06 bits per heavy atom. The van der Waals surface area contributed by atoms with E-state index in [1.165, 1.54) is 0 Å². The summed E-state index contributed by atoms with van der Waals surface area (Å²) >= 11 is 0. The van der Waals surface area contributed by atoms with Crippen molar-refractivity contribution < 1.29 is 36.2 Å². The number of ether oxygens (including phenoxy) is 1. The largest absolute Gasteiger partial charge is 0.573 e. The molecule has 1 N–H and O–H groups in total. The van der Waals surface area contributed by atoms with E-state index in [-0.39, 0.29) is 0 Å². The van der Waals surface area contributed by atoms with Crippen LogP contribution < -0.4 is 4.74 Å². The summed E-state index contributed by atoms with van der Waals surface area (Å²) < 4.78 is 75.1. The molecule has 0 radical (unpaired) electrons. The summed E-state index contributed by atoms with van der Waals surface area (Å²) in [5.41, 5.74) is -0.723. The molecule has 1 atom stereocenters. The van der Waals surface area contributed by atoms with Crippen molar-refractivity contribution in [2.45, 2.75) is 18.6 Å². The predicted molar refractivity (Wildman–Crippen MR) is 44.1 cm³/mol. The molecular weight excluding hydrogens is 254 g/mol. The smallest absolute Gasteiger partial charge is 0.406 e. The number of halogens is 6. The zero-order valence-electron chi connectivity index (χ0n) is 8.01. The van der Waals surface area contributed by atoms with Crippen LogP contribution in [0.3, 0.4) is 0 Å². The van der Waals surface area contributed by atoms with E-state index >= 15 is 0 Å². The minimum atomic E-state index is -5.00. The van der Waals surface area contributed by atoms with Crippen molar-refractivity contribution in [2.75, 3.05) is 0 Å². The van der Waals surface area contributed by atoms with Gasteiger partial charge in [0.1, 0.15) is 5.75 Å². The first-order valence-electron chi connectivity index (χ1n) is 4.20. The van der Waals surface area contributed by atoms with Crippen molar-refractivity contribution in [3.8, 4) is 5.75 Å². The van der Waals surface area contributed by atoms with Crippen LogP contribution in [0.15, 0.2) is 24.3 Å². The highest BCUT2D eigenvalue weighted by molar-refractivity contribution is 5.30. The van der Waals surface area contributed by atoms with Gasteiger partial charge in [-0.3, -0.25) is 0 Å². The summed E-state index contributed by atoms with van der Waals surface area (Å²) in [6.07, 6.45) is -12.8. The molecule has 0 aliphatic carbocycles. The van der Waals surface area contributed by atoms with Gasteiger partial charge >= 0.3 is 12.5 Å². The third-order valence-electron chi connectivity index (χ3n) is 1.72. The molecule has 1 aromatic carbocycles. The topological polar surface area (TPSA) is 29.5 Å². The van der Waals surface area contributed by atoms with Gasteiger partial charge in [0.05, 0.1) is 0 Å². The molecule has 0 unspecified atom stereocenters. The number of rotatable bonds is 2. The lowest BCUT2D eigenvalue weighted by atomic mass is 10.1. The van der Waals surface area contributed by atoms with Gasteiger partial charge in [-0.25, -0.2) is 0 Å². The molecule has 1 aromatic rings. The van der Waals surface area contributed by atoms with Gasteiger partial charge in [-0.2, -0.15) is 13.2 Å². The van der Waals surface area contributed by atoms with E-state index in [1.807, 2.05) is 0 Å². The maximum atomic E-state index is 12.1. The fourth-order valence-electron chi connectivity index (χ4n) is 1.07. The van der Waals surface area contributed by atoms with Gasteiger partial charge in [-0.15, -0.1) is 13.2 Å². The molecule has 96 valence electrons. The standard InChI is InChI=1S/C9H6F6O2/c10-8(11,12)7(16)5-2-1-3-6(4-5)17-9(13,14)15/h1-4,7,16H/t7-/m0/s1. The highest BCUT2D eigenvalue weighted by atomic mass is 19.4. The normalized spacial score (nSPS) is 14.5. The van der Waals surface area contributed by atoms with Crippen LogP contribution in [0.4, 0.5) is 26.3 Å². The molecular formula is C9H6F6O2. The zero-order chi connectivity index (χ0) is 13.3. The molecule has 0 spiro atoms. The second-order valence-electron chi connectivity index (χ2n) is 3.06. The number of aliphatic hydroxyl groups excluding tert-OH is 1. The first-order valence-corrected chi connectivity index (χ1v) is 4.20. The molecule has 0 bridgehead atoms. The van der Waals surface area contributed by atoms with E-state index < -0.39 is 30.0 Å². The summed E-state index contributed by atoms with van der Waals surface area (Å²) in [7, 11) is 0. The van der Waals surface area contributed by atoms with Crippen molar-refractivity contribution in [1.82, 2.24) is 0 Å². The predicted octanol–water partition coefficient (Wildman–Crippen LogP) is 3.18. The van der Waals surface area contributed by atoms with Gasteiger partial charge in [-0.1, -0.05) is 12.1 Å². The Morgan fingerprint density at radius 2 is 1.65 bits per heavy atom. The molecule has 0 saturated carbocycles. The molecule has 1 rings (SSSR count). The molecule has 0 aliphatic heterocycles. The van der Waals surface area contributed by atoms with Crippen molar-refractivity contribution in [3.05, 3.63) is 29.8 Å². The van der Waals surface area contributed by atoms with E-state index in [0.717, 1.165) is 18.2 Å². The second kappa shape index (κ2) is 4.44. The van der Waals surface area contributed by atoms with Gasteiger partial charge in [0.2, 0.25) is 0 Å². The lowest BCUT2D eigenvalue weighted by Gasteiger charge is -2.16. The summed E-state index contributed by atoms with van der Waals surface area (Å²) in [6, 6.07) is 3.08. The van der Waals surface area contributed by atoms with E-state index in [1.54, 1.807) is 0 Å². The van der Waals surface area contributed by atoms with Crippen molar-refractivity contribution in [3.63, 3.8) is 0 Å². The fourth-order valence-corrected chi connectivity index (χ4v) is 1.07. The van der Waals surface area contributed by atoms with Crippen LogP contribution in [0.25, 0.3) is 0 Å². The summed E-state index contributed by atoms with van der Waals surface area (Å²) in [6.45, 7) is 0. The Hall–Kier alpha value is -1.44. The lowest BCUT2D eigenvalue weighted by Crippen LogP contribution is -2.21. The summed E-state index contributed by atoms with van der Waals surface area (Å²) in [5, 5.41) is 8.82. The van der Waals surface area contributed by atoms with Gasteiger partial charge in [0, 0.05) is 0 Å². The second-order valence-corrected chi connectivity index (χ2v) is 3.06. The highest BCUT2D eigenvalue weighted by Gasteiger charge is 2.39. The maximum absolute atomic E-state index is 12.1. The Labute approximate surface area is 91.4 Å². The van der Waals surface area contributed by atoms with E-state index in [9.17, 15) is 26.3 Å². The molecule has 8 heteroatoms. The molecule has 0 aliphatic rings. The van der Waals surface area contributed by atoms with Crippen LogP contribution >= 0.6 is 0 Å². The average Bonchev–Trinajstić information content (AvgIpc) is 2.12. The summed E-state index contributed by atoms with van der Waals surface area (Å²) in [4.78, 5) is 0. The van der Waals surface area contributed by atoms with E-state index in [4.69, 9.17) is 5.11 Å². The van der Waals surface area contributed by atoms with Gasteiger partial charge in [-0.05, 0) is 17.7 Å². The van der Waals surface area contributed by atoms with Crippen LogP contribution in [-0.4, -0.2) is 17.6 Å². The first kappa shape index (κ1) is 13.6. The Balaban J connectivity index is 2.94. The third-order valence-corrected chi connectivity index (χ3v) is 1.72. The van der Waals surface area contributed by atoms with Gasteiger partial charge in [0.25, 0.3) is 0 Å². The van der Waals surface area contributed by atoms with Gasteiger partial charge in [0.15, 0.2) is 6.10 Å². The minimum Gasteiger partial charge on any atom is -0.406 e. The number of hydrogen-bond acceptors (Lipinski definition) is 2. The van der Waals surface area contributed by atoms with Crippen LogP contribution in [0.1, 0.15) is 11.7 Å². The van der Waals surface area contributed by atoms with E-state index in [2.05, 4.69) is 4.74 Å². The average molecular weight is 260 g/mol. The lowest BCUT2D eigenvalue weighted by molar-refractivity contribution is -0.274. The van der Waals surface area contributed by atoms with Crippen LogP contribution in [0, 0.1) is 0 Å². The van der Waals surface area contributed by atoms with Crippen molar-refractivity contribution in [2.24, 2.45) is 0 Å². The van der Waals surface area contributed by atoms with Crippen LogP contribution in [0.2, 0.25) is 0 Å². The first-order chi connectivity index (χ1) is 7.59. The Bertz CT molecular complexity index is 384. The van der Waals surface area contributed by atoms with Gasteiger partial charge < -0.3 is 9.84 Å². The van der Waals surface area contributed by atoms with Crippen LogP contribution in [0.5, 0.6) is 5.75 Å². The van der Waals surface area contributed by atoms with Crippen molar-refractivity contribution >= 4 is 0 Å². The minimum absolute atomic E-state index is 0.478. The van der Waals surface area contributed by atoms with E-state index in [0.29, 0.717) is 6.07 Å². The molecule has 0 fully saturated rings. The Morgan fingerprint density at radius 3 is 2.12 bits per heavy atom. The fraction of sp³-hybridized carbons (Fsp3) is 0.333. The maximum Gasteiger partial charge on any atom is 0.573 e. The molecule has 0 saturated heterocycles. The molecule has 0 aromatic heterocycles. The summed E-state index contributed by atoms with van der Waals surface area (Å²) in [5.74, 6) is -0.821. The zero-order valence-corrected chi connectivity index (χ0v) is 8.01. The number of hydrogen-bond donors (Lipinski definition) is 1. The third kappa shape index (κ3) is 4.14. The number of benzene rings is 1. The molecule has 0 amide bonds. The SMILES string of the molecule is O[C@@H](c1cccc(OC(F)(F)F)c1)C(F)(F)F. The van der Waals surface area contributed by atoms with Crippen molar-refractivity contribution in [1.29, 1.82) is 0 Å². The number of aliphatic hydroxyl groups is 1. The molecule has 0 heterocycles.